The number of carbonyl (C=O) groups excluding carboxylic acids is 3. The third-order valence-corrected chi connectivity index (χ3v) is 3.98. The molecule has 0 saturated carbocycles. The van der Waals surface area contributed by atoms with Crippen LogP contribution in [-0.4, -0.2) is 73.9 Å². The van der Waals surface area contributed by atoms with Gasteiger partial charge in [-0.15, -0.1) is 6.58 Å². The molecule has 1 fully saturated rings. The zero-order valence-corrected chi connectivity index (χ0v) is 18.8. The molecule has 154 valence electrons. The van der Waals surface area contributed by atoms with Gasteiger partial charge in [-0.1, -0.05) is 6.08 Å². The molecule has 1 aliphatic rings. The predicted molar refractivity (Wildman–Crippen MR) is 86.0 cm³/mol. The third kappa shape index (κ3) is 8.99. The molecule has 28 heavy (non-hydrogen) atoms. The fourth-order valence-electron chi connectivity index (χ4n) is 2.49. The maximum atomic E-state index is 11.5. The van der Waals surface area contributed by atoms with Crippen LogP contribution in [0.3, 0.4) is 0 Å². The molecule has 13 heteroatoms. The van der Waals surface area contributed by atoms with E-state index in [1.54, 1.807) is 0 Å². The largest absolute Gasteiger partial charge is 1.00 e. The minimum Gasteiger partial charge on any atom is -0.748 e. The van der Waals surface area contributed by atoms with Gasteiger partial charge < -0.3 is 28.2 Å². The summed E-state index contributed by atoms with van der Waals surface area (Å²) in [6.45, 7) is 6.49. The number of esters is 3. The van der Waals surface area contributed by atoms with Crippen LogP contribution in [0.5, 0.6) is 0 Å². The molecule has 1 heterocycles. The van der Waals surface area contributed by atoms with Crippen LogP contribution in [0.25, 0.3) is 0 Å². The van der Waals surface area contributed by atoms with Crippen LogP contribution in [0.4, 0.5) is 0 Å². The summed E-state index contributed by atoms with van der Waals surface area (Å²) in [5.41, 5.74) is 0. The second-order valence-corrected chi connectivity index (χ2v) is 7.06. The molecule has 0 aliphatic carbocycles. The van der Waals surface area contributed by atoms with Crippen molar-refractivity contribution in [2.45, 2.75) is 51.5 Å². The Labute approximate surface area is 184 Å². The molecule has 1 rings (SSSR count). The molecule has 11 nitrogen and oxygen atoms in total. The monoisotopic (exact) mass is 432 g/mol. The fourth-order valence-corrected chi connectivity index (χ4v) is 3.16. The second kappa shape index (κ2) is 11.9. The average molecular weight is 432 g/mol. The van der Waals surface area contributed by atoms with Crippen LogP contribution >= 0.6 is 0 Å². The summed E-state index contributed by atoms with van der Waals surface area (Å²) >= 11 is 0. The third-order valence-electron chi connectivity index (χ3n) is 3.24. The summed E-state index contributed by atoms with van der Waals surface area (Å²) in [6, 6.07) is 0. The van der Waals surface area contributed by atoms with Crippen LogP contribution in [0.15, 0.2) is 12.7 Å². The number of rotatable bonds is 8. The van der Waals surface area contributed by atoms with E-state index < -0.39 is 64.5 Å². The summed E-state index contributed by atoms with van der Waals surface area (Å²) in [7, 11) is -4.82. The standard InChI is InChI=1S/C15H22O11S.Na/c1-5-6-22-15-14(25-10(4)18)13(24-9(3)17)12(23-8(2)16)11(26-15)7-27(19,20)21;/h5,11-15H,1,6-7H2,2-4H3,(H,19,20,21);/q;+1/p-1. The summed E-state index contributed by atoms with van der Waals surface area (Å²) < 4.78 is 59.6. The van der Waals surface area contributed by atoms with Gasteiger partial charge in [0.2, 0.25) is 0 Å². The van der Waals surface area contributed by atoms with Crippen molar-refractivity contribution < 1.29 is 80.6 Å². The van der Waals surface area contributed by atoms with Gasteiger partial charge in [-0.2, -0.15) is 0 Å². The van der Waals surface area contributed by atoms with Crippen LogP contribution in [0.2, 0.25) is 0 Å². The Morgan fingerprint density at radius 2 is 1.46 bits per heavy atom. The number of hydrogen-bond donors (Lipinski definition) is 0. The molecule has 0 bridgehead atoms. The Kier molecular flexibility index (Phi) is 11.4. The molecule has 0 amide bonds. The van der Waals surface area contributed by atoms with Gasteiger partial charge in [0.1, 0.15) is 6.10 Å². The first-order chi connectivity index (χ1) is 12.4. The Morgan fingerprint density at radius 3 is 1.89 bits per heavy atom. The van der Waals surface area contributed by atoms with E-state index in [9.17, 15) is 27.4 Å². The van der Waals surface area contributed by atoms with Crippen LogP contribution in [0, 0.1) is 0 Å². The number of ether oxygens (including phenoxy) is 5. The molecule has 0 aromatic heterocycles. The molecule has 0 radical (unpaired) electrons. The molecule has 0 aromatic carbocycles. The Balaban J connectivity index is 0.00000729. The van der Waals surface area contributed by atoms with Gasteiger partial charge in [0, 0.05) is 20.8 Å². The van der Waals surface area contributed by atoms with E-state index in [0.717, 1.165) is 20.8 Å². The van der Waals surface area contributed by atoms with Crippen LogP contribution in [-0.2, 0) is 48.2 Å². The average Bonchev–Trinajstić information content (AvgIpc) is 2.48. The van der Waals surface area contributed by atoms with Crippen molar-refractivity contribution in [3.05, 3.63) is 12.7 Å². The SMILES string of the molecule is C=CCOC1OC(CS(=O)(=O)[O-])C(OC(C)=O)C(OC(C)=O)C1OC(C)=O.[Na+]. The molecule has 0 N–H and O–H groups in total. The van der Waals surface area contributed by atoms with Crippen molar-refractivity contribution in [3.8, 4) is 0 Å². The van der Waals surface area contributed by atoms with E-state index in [1.807, 2.05) is 0 Å². The first-order valence-corrected chi connectivity index (χ1v) is 9.35. The van der Waals surface area contributed by atoms with Crippen LogP contribution in [0.1, 0.15) is 20.8 Å². The van der Waals surface area contributed by atoms with Gasteiger partial charge in [-0.25, -0.2) is 8.42 Å². The quantitative estimate of drug-likeness (QED) is 0.122. The normalized spacial score (nSPS) is 27.1. The molecule has 0 aromatic rings. The van der Waals surface area contributed by atoms with E-state index in [1.165, 1.54) is 6.08 Å². The summed E-state index contributed by atoms with van der Waals surface area (Å²) in [5.74, 6) is -3.57. The first-order valence-electron chi connectivity index (χ1n) is 7.77. The van der Waals surface area contributed by atoms with Gasteiger partial charge in [0.05, 0.1) is 22.5 Å². The van der Waals surface area contributed by atoms with Crippen molar-refractivity contribution >= 4 is 28.0 Å². The van der Waals surface area contributed by atoms with E-state index >= 15 is 0 Å². The van der Waals surface area contributed by atoms with Gasteiger partial charge in [0.25, 0.3) is 0 Å². The van der Waals surface area contributed by atoms with Crippen molar-refractivity contribution in [1.29, 1.82) is 0 Å². The molecule has 5 unspecified atom stereocenters. The first kappa shape index (κ1) is 27.0. The number of hydrogen-bond acceptors (Lipinski definition) is 11. The smallest absolute Gasteiger partial charge is 0.748 e. The molecule has 0 spiro atoms. The summed E-state index contributed by atoms with van der Waals surface area (Å²) in [4.78, 5) is 34.4. The predicted octanol–water partition coefficient (Wildman–Crippen LogP) is -3.74. The second-order valence-electron chi connectivity index (χ2n) is 5.61. The van der Waals surface area contributed by atoms with Gasteiger partial charge >= 0.3 is 47.5 Å². The van der Waals surface area contributed by atoms with E-state index in [4.69, 9.17) is 23.7 Å². The van der Waals surface area contributed by atoms with Crippen molar-refractivity contribution in [3.63, 3.8) is 0 Å². The summed E-state index contributed by atoms with van der Waals surface area (Å²) in [5, 5.41) is 0. The van der Waals surface area contributed by atoms with Crippen LogP contribution < -0.4 is 29.6 Å². The Hall–Kier alpha value is -1.02. The van der Waals surface area contributed by atoms with Crippen molar-refractivity contribution in [1.82, 2.24) is 0 Å². The Bertz CT molecular complexity index is 677. The van der Waals surface area contributed by atoms with E-state index in [0.29, 0.717) is 0 Å². The van der Waals surface area contributed by atoms with Crippen molar-refractivity contribution in [2.75, 3.05) is 12.4 Å². The molecular weight excluding hydrogens is 411 g/mol. The summed E-state index contributed by atoms with van der Waals surface area (Å²) in [6.07, 6.45) is -5.97. The van der Waals surface area contributed by atoms with E-state index in [-0.39, 0.29) is 36.2 Å². The molecular formula is C15H21NaO11S. The maximum absolute atomic E-state index is 11.5. The molecule has 1 saturated heterocycles. The maximum Gasteiger partial charge on any atom is 1.00 e. The van der Waals surface area contributed by atoms with Gasteiger partial charge in [-0.05, 0) is 0 Å². The number of carbonyl (C=O) groups is 3. The van der Waals surface area contributed by atoms with Gasteiger partial charge in [0.15, 0.2) is 24.6 Å². The fraction of sp³-hybridized carbons (Fsp3) is 0.667. The topological polar surface area (TPSA) is 155 Å². The molecule has 1 aliphatic heterocycles. The minimum atomic E-state index is -4.82. The Morgan fingerprint density at radius 1 is 1.00 bits per heavy atom. The molecule has 5 atom stereocenters. The van der Waals surface area contributed by atoms with E-state index in [2.05, 4.69) is 6.58 Å². The minimum absolute atomic E-state index is 0. The van der Waals surface area contributed by atoms with Crippen molar-refractivity contribution in [2.24, 2.45) is 0 Å². The zero-order valence-electron chi connectivity index (χ0n) is 16.0. The van der Waals surface area contributed by atoms with Gasteiger partial charge in [-0.3, -0.25) is 14.4 Å². The zero-order chi connectivity index (χ0) is 20.8.